The van der Waals surface area contributed by atoms with Crippen LogP contribution in [0.4, 0.5) is 5.69 Å². The van der Waals surface area contributed by atoms with E-state index in [1.165, 1.54) is 38.2 Å². The SMILES string of the molecule is CCS(=O)(=O)c1ccc(-c2ccc(NC(=O)CCC3CCCCC3)cc2)nn1. The summed E-state index contributed by atoms with van der Waals surface area (Å²) in [5.74, 6) is 0.739. The Morgan fingerprint density at radius 2 is 1.75 bits per heavy atom. The van der Waals surface area contributed by atoms with E-state index >= 15 is 0 Å². The van der Waals surface area contributed by atoms with Crippen LogP contribution in [0.2, 0.25) is 0 Å². The highest BCUT2D eigenvalue weighted by Crippen LogP contribution is 2.27. The van der Waals surface area contributed by atoms with E-state index in [-0.39, 0.29) is 16.7 Å². The zero-order valence-corrected chi connectivity index (χ0v) is 17.0. The second kappa shape index (κ2) is 9.28. The number of nitrogens with zero attached hydrogens (tertiary/aromatic N) is 2. The number of hydrogen-bond donors (Lipinski definition) is 1. The van der Waals surface area contributed by atoms with Gasteiger partial charge in [-0.3, -0.25) is 4.79 Å². The number of nitrogens with one attached hydrogen (secondary N) is 1. The summed E-state index contributed by atoms with van der Waals surface area (Å²) >= 11 is 0. The molecule has 150 valence electrons. The number of benzene rings is 1. The standard InChI is InChI=1S/C21H27N3O3S/c1-2-28(26,27)21-15-13-19(23-24-21)17-9-11-18(12-10-17)22-20(25)14-8-16-6-4-3-5-7-16/h9-13,15-16H,2-8,14H2,1H3,(H,22,25). The van der Waals surface area contributed by atoms with Crippen molar-refractivity contribution in [3.8, 4) is 11.3 Å². The third kappa shape index (κ3) is 5.38. The topological polar surface area (TPSA) is 89.0 Å². The first kappa shape index (κ1) is 20.5. The van der Waals surface area contributed by atoms with Gasteiger partial charge in [0.15, 0.2) is 14.9 Å². The lowest BCUT2D eigenvalue weighted by Crippen LogP contribution is -2.14. The molecule has 6 nitrogen and oxygen atoms in total. The molecule has 1 aromatic carbocycles. The minimum atomic E-state index is -3.35. The number of carbonyl (C=O) groups excluding carboxylic acids is 1. The Balaban J connectivity index is 1.56. The smallest absolute Gasteiger partial charge is 0.224 e. The van der Waals surface area contributed by atoms with Gasteiger partial charge in [-0.2, -0.15) is 0 Å². The fourth-order valence-corrected chi connectivity index (χ4v) is 4.28. The molecule has 0 bridgehead atoms. The normalized spacial score (nSPS) is 15.3. The van der Waals surface area contributed by atoms with E-state index in [2.05, 4.69) is 15.5 Å². The Labute approximate surface area is 166 Å². The minimum absolute atomic E-state index is 0.00380. The van der Waals surface area contributed by atoms with Crippen LogP contribution in [0.1, 0.15) is 51.9 Å². The molecule has 1 aliphatic rings. The van der Waals surface area contributed by atoms with Crippen molar-refractivity contribution in [3.63, 3.8) is 0 Å². The Morgan fingerprint density at radius 1 is 1.04 bits per heavy atom. The van der Waals surface area contributed by atoms with E-state index in [1.54, 1.807) is 13.0 Å². The fraction of sp³-hybridized carbons (Fsp3) is 0.476. The number of carbonyl (C=O) groups is 1. The van der Waals surface area contributed by atoms with Crippen molar-refractivity contribution >= 4 is 21.4 Å². The molecule has 1 heterocycles. The van der Waals surface area contributed by atoms with Gasteiger partial charge in [0.1, 0.15) is 0 Å². The van der Waals surface area contributed by atoms with Crippen LogP contribution < -0.4 is 5.32 Å². The van der Waals surface area contributed by atoms with Crippen LogP contribution in [-0.2, 0) is 14.6 Å². The largest absolute Gasteiger partial charge is 0.326 e. The molecule has 3 rings (SSSR count). The van der Waals surface area contributed by atoms with Gasteiger partial charge in [-0.05, 0) is 36.6 Å². The molecule has 0 radical (unpaired) electrons. The summed E-state index contributed by atoms with van der Waals surface area (Å²) in [6.07, 6.45) is 7.95. The van der Waals surface area contributed by atoms with Crippen molar-refractivity contribution in [2.75, 3.05) is 11.1 Å². The number of rotatable bonds is 7. The van der Waals surface area contributed by atoms with Crippen LogP contribution in [-0.4, -0.2) is 30.3 Å². The van der Waals surface area contributed by atoms with Crippen LogP contribution >= 0.6 is 0 Å². The quantitative estimate of drug-likeness (QED) is 0.750. The van der Waals surface area contributed by atoms with Gasteiger partial charge in [0.25, 0.3) is 0 Å². The molecule has 1 aromatic heterocycles. The van der Waals surface area contributed by atoms with Crippen LogP contribution in [0.5, 0.6) is 0 Å². The van der Waals surface area contributed by atoms with Gasteiger partial charge in [0, 0.05) is 17.7 Å². The molecule has 1 fully saturated rings. The van der Waals surface area contributed by atoms with Crippen LogP contribution in [0, 0.1) is 5.92 Å². The van der Waals surface area contributed by atoms with E-state index in [4.69, 9.17) is 0 Å². The highest BCUT2D eigenvalue weighted by Gasteiger charge is 2.16. The second-order valence-electron chi connectivity index (χ2n) is 7.33. The highest BCUT2D eigenvalue weighted by atomic mass is 32.2. The molecule has 1 aliphatic carbocycles. The monoisotopic (exact) mass is 401 g/mol. The van der Waals surface area contributed by atoms with Crippen LogP contribution in [0.3, 0.4) is 0 Å². The summed E-state index contributed by atoms with van der Waals surface area (Å²) in [7, 11) is -3.35. The number of anilines is 1. The molecule has 7 heteroatoms. The zero-order chi connectivity index (χ0) is 20.0. The molecule has 0 atom stereocenters. The summed E-state index contributed by atoms with van der Waals surface area (Å²) in [5.41, 5.74) is 2.15. The second-order valence-corrected chi connectivity index (χ2v) is 9.55. The number of hydrogen-bond acceptors (Lipinski definition) is 5. The van der Waals surface area contributed by atoms with Crippen molar-refractivity contribution in [1.29, 1.82) is 0 Å². The summed E-state index contributed by atoms with van der Waals surface area (Å²) in [5, 5.41) is 10.8. The van der Waals surface area contributed by atoms with Gasteiger partial charge in [0.2, 0.25) is 5.91 Å². The molecule has 0 saturated heterocycles. The molecule has 1 saturated carbocycles. The first-order chi connectivity index (χ1) is 13.5. The van der Waals surface area contributed by atoms with Gasteiger partial charge in [-0.25, -0.2) is 8.42 Å². The van der Waals surface area contributed by atoms with Crippen LogP contribution in [0.15, 0.2) is 41.4 Å². The van der Waals surface area contributed by atoms with Gasteiger partial charge < -0.3 is 5.32 Å². The third-order valence-electron chi connectivity index (χ3n) is 5.31. The lowest BCUT2D eigenvalue weighted by molar-refractivity contribution is -0.116. The average Bonchev–Trinajstić information content (AvgIpc) is 2.74. The Hall–Kier alpha value is -2.28. The van der Waals surface area contributed by atoms with Crippen molar-refractivity contribution in [1.82, 2.24) is 10.2 Å². The molecule has 0 aliphatic heterocycles. The molecule has 1 N–H and O–H groups in total. The summed E-state index contributed by atoms with van der Waals surface area (Å²) < 4.78 is 23.6. The first-order valence-electron chi connectivity index (χ1n) is 9.94. The van der Waals surface area contributed by atoms with Crippen molar-refractivity contribution < 1.29 is 13.2 Å². The van der Waals surface area contributed by atoms with Crippen molar-refractivity contribution in [2.24, 2.45) is 5.92 Å². The molecular formula is C21H27N3O3S. The maximum atomic E-state index is 12.2. The molecule has 1 amide bonds. The van der Waals surface area contributed by atoms with Crippen LogP contribution in [0.25, 0.3) is 11.3 Å². The molecule has 0 spiro atoms. The van der Waals surface area contributed by atoms with Gasteiger partial charge in [-0.1, -0.05) is 51.2 Å². The van der Waals surface area contributed by atoms with Crippen molar-refractivity contribution in [3.05, 3.63) is 36.4 Å². The molecular weight excluding hydrogens is 374 g/mol. The van der Waals surface area contributed by atoms with Crippen molar-refractivity contribution in [2.45, 2.75) is 56.9 Å². The summed E-state index contributed by atoms with van der Waals surface area (Å²) in [6, 6.07) is 10.5. The maximum absolute atomic E-state index is 12.2. The Bertz CT molecular complexity index is 887. The third-order valence-corrected chi connectivity index (χ3v) is 6.92. The average molecular weight is 402 g/mol. The van der Waals surface area contributed by atoms with Gasteiger partial charge >= 0.3 is 0 Å². The van der Waals surface area contributed by atoms with E-state index < -0.39 is 9.84 Å². The Kier molecular flexibility index (Phi) is 6.78. The number of aromatic nitrogens is 2. The molecule has 0 unspecified atom stereocenters. The van der Waals surface area contributed by atoms with Gasteiger partial charge in [-0.15, -0.1) is 10.2 Å². The lowest BCUT2D eigenvalue weighted by Gasteiger charge is -2.21. The molecule has 28 heavy (non-hydrogen) atoms. The predicted octanol–water partition coefficient (Wildman–Crippen LogP) is 4.24. The fourth-order valence-electron chi connectivity index (χ4n) is 3.55. The zero-order valence-electron chi connectivity index (χ0n) is 16.2. The number of sulfone groups is 1. The predicted molar refractivity (Wildman–Crippen MR) is 110 cm³/mol. The molecule has 2 aromatic rings. The van der Waals surface area contributed by atoms with E-state index in [9.17, 15) is 13.2 Å². The van der Waals surface area contributed by atoms with E-state index in [0.717, 1.165) is 17.7 Å². The highest BCUT2D eigenvalue weighted by molar-refractivity contribution is 7.91. The van der Waals surface area contributed by atoms with Gasteiger partial charge in [0.05, 0.1) is 11.4 Å². The van der Waals surface area contributed by atoms with E-state index in [1.807, 2.05) is 24.3 Å². The first-order valence-corrected chi connectivity index (χ1v) is 11.6. The summed E-state index contributed by atoms with van der Waals surface area (Å²) in [4.78, 5) is 12.2. The Morgan fingerprint density at radius 3 is 2.36 bits per heavy atom. The number of amides is 1. The maximum Gasteiger partial charge on any atom is 0.224 e. The summed E-state index contributed by atoms with van der Waals surface area (Å²) in [6.45, 7) is 1.58. The lowest BCUT2D eigenvalue weighted by atomic mass is 9.86. The van der Waals surface area contributed by atoms with E-state index in [0.29, 0.717) is 18.0 Å². The minimum Gasteiger partial charge on any atom is -0.326 e.